The molecule has 0 aromatic heterocycles. The van der Waals surface area contributed by atoms with E-state index in [2.05, 4.69) is 35.7 Å². The molecule has 0 unspecified atom stereocenters. The Bertz CT molecular complexity index is 228. The van der Waals surface area contributed by atoms with Crippen LogP contribution in [0, 0.1) is 5.41 Å². The van der Waals surface area contributed by atoms with Gasteiger partial charge < -0.3 is 9.80 Å². The van der Waals surface area contributed by atoms with Gasteiger partial charge in [0.25, 0.3) is 0 Å². The number of hydrogen-bond acceptors (Lipinski definition) is 3. The summed E-state index contributed by atoms with van der Waals surface area (Å²) in [6.45, 7) is 9.08. The summed E-state index contributed by atoms with van der Waals surface area (Å²) in [4.78, 5) is 9.17. The Labute approximate surface area is 80.4 Å². The minimum atomic E-state index is 0.548. The van der Waals surface area contributed by atoms with E-state index in [1.165, 1.54) is 25.5 Å². The number of likely N-dealkylation sites (tertiary alicyclic amines) is 1. The van der Waals surface area contributed by atoms with Crippen LogP contribution in [0.1, 0.15) is 20.3 Å². The SMILES string of the molecule is CCC1(C)CN(C2=NCCN2C)C1. The van der Waals surface area contributed by atoms with Crippen molar-refractivity contribution in [2.75, 3.05) is 33.2 Å². The Hall–Kier alpha value is -0.730. The molecule has 3 heteroatoms. The number of hydrogen-bond donors (Lipinski definition) is 0. The van der Waals surface area contributed by atoms with E-state index in [4.69, 9.17) is 0 Å². The fraction of sp³-hybridized carbons (Fsp3) is 0.900. The molecule has 0 saturated carbocycles. The molecule has 74 valence electrons. The molecule has 0 aliphatic carbocycles. The molecule has 1 fully saturated rings. The van der Waals surface area contributed by atoms with Crippen LogP contribution in [0.5, 0.6) is 0 Å². The second-order valence-electron chi connectivity index (χ2n) is 4.62. The van der Waals surface area contributed by atoms with Gasteiger partial charge in [0.05, 0.1) is 6.54 Å². The predicted octanol–water partition coefficient (Wildman–Crippen LogP) is 1.02. The van der Waals surface area contributed by atoms with Crippen LogP contribution in [-0.2, 0) is 0 Å². The predicted molar refractivity (Wildman–Crippen MR) is 54.9 cm³/mol. The number of likely N-dealkylation sites (N-methyl/N-ethyl adjacent to an activating group) is 1. The molecule has 1 saturated heterocycles. The van der Waals surface area contributed by atoms with Gasteiger partial charge in [0.15, 0.2) is 5.96 Å². The van der Waals surface area contributed by atoms with E-state index in [-0.39, 0.29) is 0 Å². The summed E-state index contributed by atoms with van der Waals surface area (Å²) in [5.74, 6) is 1.21. The number of nitrogens with zero attached hydrogens (tertiary/aromatic N) is 3. The first-order chi connectivity index (χ1) is 6.14. The molecular weight excluding hydrogens is 162 g/mol. The lowest BCUT2D eigenvalue weighted by molar-refractivity contribution is 0.0652. The average Bonchev–Trinajstić information content (AvgIpc) is 2.46. The maximum atomic E-state index is 4.51. The molecule has 0 radical (unpaired) electrons. The van der Waals surface area contributed by atoms with Crippen LogP contribution in [0.15, 0.2) is 4.99 Å². The Kier molecular flexibility index (Phi) is 1.97. The highest BCUT2D eigenvalue weighted by Gasteiger charge is 2.40. The molecule has 0 bridgehead atoms. The number of aliphatic imine (C=N–C) groups is 1. The van der Waals surface area contributed by atoms with Gasteiger partial charge in [0, 0.05) is 32.1 Å². The van der Waals surface area contributed by atoms with Crippen LogP contribution in [0.4, 0.5) is 0 Å². The summed E-state index contributed by atoms with van der Waals surface area (Å²) in [6.07, 6.45) is 1.28. The first-order valence-corrected chi connectivity index (χ1v) is 5.15. The van der Waals surface area contributed by atoms with E-state index in [0.29, 0.717) is 5.41 Å². The van der Waals surface area contributed by atoms with E-state index < -0.39 is 0 Å². The summed E-state index contributed by atoms with van der Waals surface area (Å²) >= 11 is 0. The van der Waals surface area contributed by atoms with Crippen molar-refractivity contribution in [3.8, 4) is 0 Å². The molecule has 13 heavy (non-hydrogen) atoms. The van der Waals surface area contributed by atoms with E-state index in [1.54, 1.807) is 0 Å². The zero-order valence-electron chi connectivity index (χ0n) is 8.88. The number of guanidine groups is 1. The fourth-order valence-corrected chi connectivity index (χ4v) is 2.10. The van der Waals surface area contributed by atoms with Gasteiger partial charge in [0.2, 0.25) is 0 Å². The Morgan fingerprint density at radius 2 is 2.15 bits per heavy atom. The van der Waals surface area contributed by atoms with Gasteiger partial charge in [-0.3, -0.25) is 4.99 Å². The second-order valence-corrected chi connectivity index (χ2v) is 4.62. The summed E-state index contributed by atoms with van der Waals surface area (Å²) in [6, 6.07) is 0. The zero-order chi connectivity index (χ0) is 9.47. The Balaban J connectivity index is 1.93. The van der Waals surface area contributed by atoms with Crippen LogP contribution in [0.2, 0.25) is 0 Å². The summed E-state index contributed by atoms with van der Waals surface area (Å²) in [7, 11) is 2.13. The van der Waals surface area contributed by atoms with Crippen molar-refractivity contribution in [3.05, 3.63) is 0 Å². The Morgan fingerprint density at radius 1 is 1.46 bits per heavy atom. The average molecular weight is 181 g/mol. The van der Waals surface area contributed by atoms with E-state index in [1.807, 2.05) is 0 Å². The molecule has 0 atom stereocenters. The topological polar surface area (TPSA) is 18.8 Å². The largest absolute Gasteiger partial charge is 0.344 e. The van der Waals surface area contributed by atoms with Gasteiger partial charge in [0.1, 0.15) is 0 Å². The normalized spacial score (nSPS) is 25.9. The van der Waals surface area contributed by atoms with Crippen LogP contribution >= 0.6 is 0 Å². The Morgan fingerprint density at radius 3 is 2.62 bits per heavy atom. The van der Waals surface area contributed by atoms with Gasteiger partial charge in [-0.2, -0.15) is 0 Å². The maximum absolute atomic E-state index is 4.51. The lowest BCUT2D eigenvalue weighted by Gasteiger charge is -2.49. The maximum Gasteiger partial charge on any atom is 0.196 e. The van der Waals surface area contributed by atoms with Gasteiger partial charge in [-0.15, -0.1) is 0 Å². The van der Waals surface area contributed by atoms with Gasteiger partial charge in [-0.25, -0.2) is 0 Å². The highest BCUT2D eigenvalue weighted by molar-refractivity contribution is 5.82. The molecule has 0 aromatic rings. The van der Waals surface area contributed by atoms with Crippen molar-refractivity contribution < 1.29 is 0 Å². The number of rotatable bonds is 1. The molecule has 0 N–H and O–H groups in total. The minimum Gasteiger partial charge on any atom is -0.344 e. The first-order valence-electron chi connectivity index (χ1n) is 5.15. The molecule has 0 amide bonds. The van der Waals surface area contributed by atoms with Crippen LogP contribution < -0.4 is 0 Å². The van der Waals surface area contributed by atoms with Crippen molar-refractivity contribution in [1.29, 1.82) is 0 Å². The van der Waals surface area contributed by atoms with Crippen molar-refractivity contribution in [1.82, 2.24) is 9.80 Å². The summed E-state index contributed by atoms with van der Waals surface area (Å²) in [5.41, 5.74) is 0.548. The van der Waals surface area contributed by atoms with E-state index in [9.17, 15) is 0 Å². The molecule has 0 spiro atoms. The van der Waals surface area contributed by atoms with E-state index >= 15 is 0 Å². The smallest absolute Gasteiger partial charge is 0.196 e. The third kappa shape index (κ3) is 1.40. The lowest BCUT2D eigenvalue weighted by Crippen LogP contribution is -2.59. The molecule has 0 aromatic carbocycles. The monoisotopic (exact) mass is 181 g/mol. The van der Waals surface area contributed by atoms with Crippen LogP contribution in [0.25, 0.3) is 0 Å². The molecule has 2 rings (SSSR count). The minimum absolute atomic E-state index is 0.548. The molecule has 2 heterocycles. The van der Waals surface area contributed by atoms with Crippen molar-refractivity contribution in [3.63, 3.8) is 0 Å². The van der Waals surface area contributed by atoms with Crippen molar-refractivity contribution in [2.24, 2.45) is 10.4 Å². The highest BCUT2D eigenvalue weighted by Crippen LogP contribution is 2.33. The standard InChI is InChI=1S/C10H19N3/c1-4-10(2)7-13(8-10)9-11-5-6-12(9)3/h4-8H2,1-3H3. The van der Waals surface area contributed by atoms with Crippen LogP contribution in [0.3, 0.4) is 0 Å². The van der Waals surface area contributed by atoms with Gasteiger partial charge in [-0.05, 0) is 6.42 Å². The highest BCUT2D eigenvalue weighted by atomic mass is 15.4. The van der Waals surface area contributed by atoms with E-state index in [0.717, 1.165) is 13.1 Å². The fourth-order valence-electron chi connectivity index (χ4n) is 2.10. The summed E-state index contributed by atoms with van der Waals surface area (Å²) < 4.78 is 0. The summed E-state index contributed by atoms with van der Waals surface area (Å²) in [5, 5.41) is 0. The first kappa shape index (κ1) is 8.85. The molecular formula is C10H19N3. The van der Waals surface area contributed by atoms with Gasteiger partial charge >= 0.3 is 0 Å². The van der Waals surface area contributed by atoms with Crippen molar-refractivity contribution >= 4 is 5.96 Å². The zero-order valence-corrected chi connectivity index (χ0v) is 8.88. The quantitative estimate of drug-likeness (QED) is 0.601. The third-order valence-corrected chi connectivity index (χ3v) is 3.31. The van der Waals surface area contributed by atoms with Gasteiger partial charge in [-0.1, -0.05) is 13.8 Å². The lowest BCUT2D eigenvalue weighted by atomic mass is 9.80. The molecule has 2 aliphatic heterocycles. The molecule has 2 aliphatic rings. The third-order valence-electron chi connectivity index (χ3n) is 3.31. The van der Waals surface area contributed by atoms with Crippen LogP contribution in [-0.4, -0.2) is 49.0 Å². The molecule has 3 nitrogen and oxygen atoms in total. The second kappa shape index (κ2) is 2.89. The van der Waals surface area contributed by atoms with Crippen molar-refractivity contribution in [2.45, 2.75) is 20.3 Å².